The summed E-state index contributed by atoms with van der Waals surface area (Å²) in [6, 6.07) is 16.4. The van der Waals surface area contributed by atoms with Gasteiger partial charge in [-0.1, -0.05) is 48.5 Å². The number of nitrogens with zero attached hydrogens (tertiary/aromatic N) is 2. The first-order valence-electron chi connectivity index (χ1n) is 12.3. The fraction of sp³-hybridized carbons (Fsp3) is 0.321. The maximum atomic E-state index is 13.9. The highest BCUT2D eigenvalue weighted by atomic mass is 35.5. The van der Waals surface area contributed by atoms with E-state index in [-0.39, 0.29) is 42.0 Å². The summed E-state index contributed by atoms with van der Waals surface area (Å²) in [5.41, 5.74) is 1.72. The molecule has 0 unspecified atom stereocenters. The van der Waals surface area contributed by atoms with Crippen molar-refractivity contribution in [3.63, 3.8) is 0 Å². The number of carbonyl (C=O) groups excluding carboxylic acids is 2. The molecular formula is C28H31ClN4O4. The van der Waals surface area contributed by atoms with Gasteiger partial charge in [-0.25, -0.2) is 0 Å². The summed E-state index contributed by atoms with van der Waals surface area (Å²) in [4.78, 5) is 40.3. The molecule has 1 saturated heterocycles. The van der Waals surface area contributed by atoms with Crippen LogP contribution in [0.2, 0.25) is 0 Å². The number of carbonyl (C=O) groups is 2. The Morgan fingerprint density at radius 1 is 1.05 bits per heavy atom. The second-order valence-corrected chi connectivity index (χ2v) is 9.27. The van der Waals surface area contributed by atoms with E-state index in [0.717, 1.165) is 31.3 Å². The minimum Gasteiger partial charge on any atom is -0.493 e. The third-order valence-corrected chi connectivity index (χ3v) is 7.09. The molecule has 0 aliphatic carbocycles. The maximum absolute atomic E-state index is 13.9. The highest BCUT2D eigenvalue weighted by Gasteiger charge is 2.28. The third kappa shape index (κ3) is 4.86. The molecule has 1 fully saturated rings. The van der Waals surface area contributed by atoms with Gasteiger partial charge in [-0.2, -0.15) is 0 Å². The van der Waals surface area contributed by atoms with Crippen LogP contribution < -0.4 is 20.9 Å². The second kappa shape index (κ2) is 11.2. The summed E-state index contributed by atoms with van der Waals surface area (Å²) in [6.45, 7) is 2.35. The van der Waals surface area contributed by atoms with E-state index in [1.165, 1.54) is 11.7 Å². The van der Waals surface area contributed by atoms with E-state index in [0.29, 0.717) is 40.1 Å². The van der Waals surface area contributed by atoms with Gasteiger partial charge in [0, 0.05) is 24.5 Å². The number of ketones is 1. The molecule has 0 saturated carbocycles. The number of para-hydroxylation sites is 1. The van der Waals surface area contributed by atoms with Crippen molar-refractivity contribution >= 4 is 45.9 Å². The first-order chi connectivity index (χ1) is 17.5. The molecule has 37 heavy (non-hydrogen) atoms. The molecule has 2 N–H and O–H groups in total. The zero-order valence-corrected chi connectivity index (χ0v) is 21.8. The number of methoxy groups -OCH3 is 1. The number of benzene rings is 2. The van der Waals surface area contributed by atoms with Crippen LogP contribution in [-0.2, 0) is 13.6 Å². The molecule has 9 heteroatoms. The van der Waals surface area contributed by atoms with E-state index in [4.69, 9.17) is 4.74 Å². The van der Waals surface area contributed by atoms with Gasteiger partial charge in [0.05, 0.1) is 24.7 Å². The Morgan fingerprint density at radius 3 is 2.43 bits per heavy atom. The molecule has 4 aromatic rings. The molecule has 0 atom stereocenters. The number of halogens is 1. The van der Waals surface area contributed by atoms with E-state index in [1.807, 2.05) is 30.3 Å². The molecule has 0 bridgehead atoms. The van der Waals surface area contributed by atoms with Crippen molar-refractivity contribution in [3.05, 3.63) is 76.2 Å². The minimum atomic E-state index is -0.363. The van der Waals surface area contributed by atoms with Crippen LogP contribution in [-0.4, -0.2) is 47.6 Å². The monoisotopic (exact) mass is 522 g/mol. The topological polar surface area (TPSA) is 94.4 Å². The Hall–Kier alpha value is -3.62. The Labute approximate surface area is 221 Å². The SMILES string of the molecule is COc1c(C(=O)NCC2CCNCC2)n(C)c2c1c(=O)n(CC(=O)c1ccccc1)c1ccccc21.Cl. The van der Waals surface area contributed by atoms with E-state index >= 15 is 0 Å². The standard InChI is InChI=1S/C28H30N4O4.ClH/c1-31-24-20-10-6-7-11-21(20)32(17-22(33)19-8-4-3-5-9-19)28(35)23(24)26(36-2)25(31)27(34)30-16-18-12-14-29-15-13-18;/h3-11,18,29H,12-17H2,1-2H3,(H,30,34);1H. The van der Waals surface area contributed by atoms with Crippen molar-refractivity contribution < 1.29 is 14.3 Å². The van der Waals surface area contributed by atoms with Gasteiger partial charge < -0.3 is 19.9 Å². The van der Waals surface area contributed by atoms with Crippen LogP contribution >= 0.6 is 12.4 Å². The number of amides is 1. The number of piperidine rings is 1. The van der Waals surface area contributed by atoms with E-state index in [1.54, 1.807) is 35.9 Å². The van der Waals surface area contributed by atoms with Gasteiger partial charge in [-0.05, 0) is 37.9 Å². The lowest BCUT2D eigenvalue weighted by atomic mass is 9.98. The van der Waals surface area contributed by atoms with Crippen molar-refractivity contribution in [1.82, 2.24) is 19.8 Å². The lowest BCUT2D eigenvalue weighted by Gasteiger charge is -2.22. The zero-order chi connectivity index (χ0) is 25.2. The quantitative estimate of drug-likeness (QED) is 0.362. The number of hydrogen-bond donors (Lipinski definition) is 2. The minimum absolute atomic E-state index is 0. The Kier molecular flexibility index (Phi) is 8.00. The molecule has 194 valence electrons. The molecule has 5 rings (SSSR count). The molecule has 0 spiro atoms. The molecule has 2 aromatic carbocycles. The van der Waals surface area contributed by atoms with Crippen LogP contribution in [0.4, 0.5) is 0 Å². The van der Waals surface area contributed by atoms with Gasteiger partial charge in [0.15, 0.2) is 17.2 Å². The van der Waals surface area contributed by atoms with Crippen molar-refractivity contribution in [2.45, 2.75) is 19.4 Å². The predicted octanol–water partition coefficient (Wildman–Crippen LogP) is 3.54. The van der Waals surface area contributed by atoms with E-state index in [2.05, 4.69) is 10.6 Å². The Balaban J connectivity index is 0.00000320. The molecule has 0 radical (unpaired) electrons. The predicted molar refractivity (Wildman–Crippen MR) is 147 cm³/mol. The van der Waals surface area contributed by atoms with Crippen molar-refractivity contribution in [1.29, 1.82) is 0 Å². The third-order valence-electron chi connectivity index (χ3n) is 7.09. The molecule has 1 aliphatic heterocycles. The zero-order valence-electron chi connectivity index (χ0n) is 21.0. The van der Waals surface area contributed by atoms with Crippen LogP contribution in [0.5, 0.6) is 5.75 Å². The number of aryl methyl sites for hydroxylation is 1. The van der Waals surface area contributed by atoms with Crippen molar-refractivity contribution in [2.24, 2.45) is 13.0 Å². The van der Waals surface area contributed by atoms with Crippen LogP contribution in [0, 0.1) is 5.92 Å². The number of nitrogens with one attached hydrogen (secondary N) is 2. The molecule has 8 nitrogen and oxygen atoms in total. The van der Waals surface area contributed by atoms with Crippen molar-refractivity contribution in [3.8, 4) is 5.75 Å². The summed E-state index contributed by atoms with van der Waals surface area (Å²) >= 11 is 0. The molecule has 1 aliphatic rings. The van der Waals surface area contributed by atoms with E-state index in [9.17, 15) is 14.4 Å². The van der Waals surface area contributed by atoms with Gasteiger partial charge in [-0.3, -0.25) is 19.0 Å². The largest absolute Gasteiger partial charge is 0.493 e. The van der Waals surface area contributed by atoms with Crippen LogP contribution in [0.25, 0.3) is 21.8 Å². The fourth-order valence-electron chi connectivity index (χ4n) is 5.20. The van der Waals surface area contributed by atoms with Gasteiger partial charge in [-0.15, -0.1) is 12.4 Å². The average Bonchev–Trinajstić information content (AvgIpc) is 3.23. The van der Waals surface area contributed by atoms with Crippen LogP contribution in [0.3, 0.4) is 0 Å². The summed E-state index contributed by atoms with van der Waals surface area (Å²) < 4.78 is 8.89. The molecule has 3 heterocycles. The van der Waals surface area contributed by atoms with Crippen molar-refractivity contribution in [2.75, 3.05) is 26.7 Å². The highest BCUT2D eigenvalue weighted by molar-refractivity contribution is 6.12. The normalized spacial score (nSPS) is 13.9. The molecular weight excluding hydrogens is 492 g/mol. The summed E-state index contributed by atoms with van der Waals surface area (Å²) in [5.74, 6) is 0.196. The number of hydrogen-bond acceptors (Lipinski definition) is 5. The first-order valence-corrected chi connectivity index (χ1v) is 12.3. The summed E-state index contributed by atoms with van der Waals surface area (Å²) in [7, 11) is 3.24. The molecule has 1 amide bonds. The van der Waals surface area contributed by atoms with Crippen LogP contribution in [0.15, 0.2) is 59.4 Å². The highest BCUT2D eigenvalue weighted by Crippen LogP contribution is 2.34. The number of rotatable bonds is 7. The summed E-state index contributed by atoms with van der Waals surface area (Å²) in [6.07, 6.45) is 2.02. The van der Waals surface area contributed by atoms with Crippen LogP contribution in [0.1, 0.15) is 33.7 Å². The maximum Gasteiger partial charge on any atom is 0.271 e. The molecule has 2 aromatic heterocycles. The van der Waals surface area contributed by atoms with Gasteiger partial charge >= 0.3 is 0 Å². The second-order valence-electron chi connectivity index (χ2n) is 9.27. The van der Waals surface area contributed by atoms with Gasteiger partial charge in [0.1, 0.15) is 5.39 Å². The lowest BCUT2D eigenvalue weighted by molar-refractivity contribution is 0.0931. The van der Waals surface area contributed by atoms with E-state index < -0.39 is 0 Å². The average molecular weight is 523 g/mol. The number of ether oxygens (including phenoxy) is 1. The Morgan fingerprint density at radius 2 is 1.73 bits per heavy atom. The fourth-order valence-corrected chi connectivity index (χ4v) is 5.20. The number of Topliss-reactive ketones (excluding diaryl/α,β-unsaturated/α-hetero) is 1. The Bertz CT molecular complexity index is 1500. The number of fused-ring (bicyclic) bond motifs is 3. The number of aromatic nitrogens is 2. The first kappa shape index (κ1) is 26.4. The van der Waals surface area contributed by atoms with Gasteiger partial charge in [0.2, 0.25) is 0 Å². The number of pyridine rings is 1. The smallest absolute Gasteiger partial charge is 0.271 e. The lowest BCUT2D eigenvalue weighted by Crippen LogP contribution is -2.36. The summed E-state index contributed by atoms with van der Waals surface area (Å²) in [5, 5.41) is 7.45. The van der Waals surface area contributed by atoms with Gasteiger partial charge in [0.25, 0.3) is 11.5 Å².